The molecule has 0 unspecified atom stereocenters. The van der Waals surface area contributed by atoms with Gasteiger partial charge in [-0.25, -0.2) is 4.31 Å². The second-order valence-electron chi connectivity index (χ2n) is 4.27. The van der Waals surface area contributed by atoms with Gasteiger partial charge in [0, 0.05) is 42.6 Å². The van der Waals surface area contributed by atoms with Crippen molar-refractivity contribution < 1.29 is 4.79 Å². The molecule has 1 aliphatic rings. The van der Waals surface area contributed by atoms with E-state index in [-0.39, 0.29) is 0 Å². The molecule has 1 saturated heterocycles. The number of carbonyl (C=O) groups is 1. The summed E-state index contributed by atoms with van der Waals surface area (Å²) in [5.41, 5.74) is 8.39. The molecule has 1 aliphatic heterocycles. The minimum absolute atomic E-state index is 0.708. The molecule has 0 spiro atoms. The molecule has 0 saturated carbocycles. The molecule has 0 bridgehead atoms. The van der Waals surface area contributed by atoms with Gasteiger partial charge >= 0.3 is 0 Å². The van der Waals surface area contributed by atoms with Gasteiger partial charge in [-0.3, -0.25) is 4.79 Å². The van der Waals surface area contributed by atoms with E-state index in [4.69, 9.17) is 5.73 Å². The minimum Gasteiger partial charge on any atom is -0.403 e. The Morgan fingerprint density at radius 2 is 2.33 bits per heavy atom. The van der Waals surface area contributed by atoms with Crippen LogP contribution < -0.4 is 11.1 Å². The number of nitrogens with one attached hydrogen (secondary N) is 1. The maximum atomic E-state index is 10.9. The third-order valence-electron chi connectivity index (χ3n) is 3.14. The van der Waals surface area contributed by atoms with Crippen molar-refractivity contribution in [3.8, 4) is 0 Å². The fourth-order valence-corrected chi connectivity index (χ4v) is 3.00. The Kier molecular flexibility index (Phi) is 3.98. The first-order valence-corrected chi connectivity index (χ1v) is 6.62. The molecular formula is C12H18N4OS. The van der Waals surface area contributed by atoms with Gasteiger partial charge in [-0.15, -0.1) is 0 Å². The van der Waals surface area contributed by atoms with Crippen LogP contribution in [0.1, 0.15) is 16.2 Å². The van der Waals surface area contributed by atoms with Gasteiger partial charge in [0.1, 0.15) is 0 Å². The van der Waals surface area contributed by atoms with Crippen LogP contribution in [-0.2, 0) is 7.05 Å². The van der Waals surface area contributed by atoms with Crippen LogP contribution >= 0.6 is 11.9 Å². The standard InChI is InChI=1S/C12H18N4OS/c1-9-12(5-11(8-17)15(9)2)18-16-4-3-14-10(6-13)7-16/h5-6,8,14H,3-4,7,13H2,1-2H3/b10-6-. The van der Waals surface area contributed by atoms with Crippen LogP contribution in [0.5, 0.6) is 0 Å². The van der Waals surface area contributed by atoms with Crippen LogP contribution in [0.2, 0.25) is 0 Å². The van der Waals surface area contributed by atoms with Crippen molar-refractivity contribution >= 4 is 18.2 Å². The molecule has 18 heavy (non-hydrogen) atoms. The Labute approximate surface area is 111 Å². The molecule has 0 aromatic carbocycles. The van der Waals surface area contributed by atoms with Crippen molar-refractivity contribution in [3.63, 3.8) is 0 Å². The molecule has 0 amide bonds. The molecular weight excluding hydrogens is 248 g/mol. The van der Waals surface area contributed by atoms with E-state index >= 15 is 0 Å². The molecule has 2 rings (SSSR count). The van der Waals surface area contributed by atoms with E-state index in [9.17, 15) is 4.79 Å². The van der Waals surface area contributed by atoms with E-state index in [1.807, 2.05) is 24.6 Å². The lowest BCUT2D eigenvalue weighted by Crippen LogP contribution is -2.38. The number of aromatic nitrogens is 1. The lowest BCUT2D eigenvalue weighted by Gasteiger charge is -2.28. The monoisotopic (exact) mass is 266 g/mol. The number of nitrogens with two attached hydrogens (primary N) is 1. The van der Waals surface area contributed by atoms with Gasteiger partial charge < -0.3 is 15.6 Å². The first-order valence-electron chi connectivity index (χ1n) is 5.84. The van der Waals surface area contributed by atoms with Crippen molar-refractivity contribution in [1.29, 1.82) is 0 Å². The van der Waals surface area contributed by atoms with Crippen molar-refractivity contribution in [3.05, 3.63) is 29.4 Å². The normalized spacial score (nSPS) is 18.9. The Hall–Kier alpha value is -1.40. The van der Waals surface area contributed by atoms with Crippen molar-refractivity contribution in [2.45, 2.75) is 11.8 Å². The Morgan fingerprint density at radius 3 is 2.94 bits per heavy atom. The summed E-state index contributed by atoms with van der Waals surface area (Å²) in [5, 5.41) is 3.25. The summed E-state index contributed by atoms with van der Waals surface area (Å²) in [6.45, 7) is 4.67. The van der Waals surface area contributed by atoms with E-state index in [2.05, 4.69) is 9.62 Å². The van der Waals surface area contributed by atoms with Crippen molar-refractivity contribution in [1.82, 2.24) is 14.2 Å². The van der Waals surface area contributed by atoms with Crippen LogP contribution in [0.4, 0.5) is 0 Å². The summed E-state index contributed by atoms with van der Waals surface area (Å²) in [7, 11) is 1.91. The van der Waals surface area contributed by atoms with Crippen LogP contribution in [0.15, 0.2) is 22.9 Å². The highest BCUT2D eigenvalue weighted by Crippen LogP contribution is 2.29. The molecule has 0 aliphatic carbocycles. The van der Waals surface area contributed by atoms with E-state index in [0.29, 0.717) is 5.69 Å². The molecule has 1 fully saturated rings. The van der Waals surface area contributed by atoms with Crippen LogP contribution in [0.3, 0.4) is 0 Å². The third-order valence-corrected chi connectivity index (χ3v) is 4.32. The van der Waals surface area contributed by atoms with Gasteiger partial charge in [0.15, 0.2) is 6.29 Å². The highest BCUT2D eigenvalue weighted by Gasteiger charge is 2.17. The summed E-state index contributed by atoms with van der Waals surface area (Å²) in [4.78, 5) is 12.0. The average Bonchev–Trinajstić information content (AvgIpc) is 2.67. The van der Waals surface area contributed by atoms with Crippen molar-refractivity contribution in [2.75, 3.05) is 19.6 Å². The summed E-state index contributed by atoms with van der Waals surface area (Å²) < 4.78 is 4.16. The van der Waals surface area contributed by atoms with E-state index in [1.165, 1.54) is 0 Å². The zero-order chi connectivity index (χ0) is 13.1. The third kappa shape index (κ3) is 2.54. The van der Waals surface area contributed by atoms with Gasteiger partial charge in [0.2, 0.25) is 0 Å². The van der Waals surface area contributed by atoms with Crippen molar-refractivity contribution in [2.24, 2.45) is 12.8 Å². The number of nitrogens with zero attached hydrogens (tertiary/aromatic N) is 2. The predicted octanol–water partition coefficient (Wildman–Crippen LogP) is 0.858. The number of carbonyl (C=O) groups excluding carboxylic acids is 1. The maximum absolute atomic E-state index is 10.9. The van der Waals surface area contributed by atoms with E-state index in [1.54, 1.807) is 18.1 Å². The number of aldehydes is 1. The number of rotatable bonds is 3. The zero-order valence-electron chi connectivity index (χ0n) is 10.6. The summed E-state index contributed by atoms with van der Waals surface area (Å²) >= 11 is 1.68. The lowest BCUT2D eigenvalue weighted by atomic mass is 10.3. The summed E-state index contributed by atoms with van der Waals surface area (Å²) in [5.74, 6) is 0. The fraction of sp³-hybridized carbons (Fsp3) is 0.417. The van der Waals surface area contributed by atoms with Gasteiger partial charge in [0.05, 0.1) is 12.2 Å². The largest absolute Gasteiger partial charge is 0.403 e. The van der Waals surface area contributed by atoms with Gasteiger partial charge in [-0.05, 0) is 24.9 Å². The number of piperazine rings is 1. The van der Waals surface area contributed by atoms with Crippen LogP contribution in [-0.4, -0.2) is 34.8 Å². The number of hydrogen-bond donors (Lipinski definition) is 2. The quantitative estimate of drug-likeness (QED) is 0.627. The Bertz CT molecular complexity index is 481. The topological polar surface area (TPSA) is 63.3 Å². The summed E-state index contributed by atoms with van der Waals surface area (Å²) in [6, 6.07) is 1.93. The molecule has 0 atom stereocenters. The predicted molar refractivity (Wildman–Crippen MR) is 73.2 cm³/mol. The first-order chi connectivity index (χ1) is 8.65. The Morgan fingerprint density at radius 1 is 1.56 bits per heavy atom. The molecule has 1 aromatic rings. The van der Waals surface area contributed by atoms with E-state index < -0.39 is 0 Å². The second kappa shape index (κ2) is 5.49. The molecule has 2 heterocycles. The van der Waals surface area contributed by atoms with E-state index in [0.717, 1.165) is 42.2 Å². The summed E-state index contributed by atoms with van der Waals surface area (Å²) in [6.07, 6.45) is 2.50. The van der Waals surface area contributed by atoms with Crippen LogP contribution in [0.25, 0.3) is 0 Å². The smallest absolute Gasteiger partial charge is 0.166 e. The lowest BCUT2D eigenvalue weighted by molar-refractivity contribution is 0.111. The highest BCUT2D eigenvalue weighted by atomic mass is 32.2. The maximum Gasteiger partial charge on any atom is 0.166 e. The van der Waals surface area contributed by atoms with Gasteiger partial charge in [0.25, 0.3) is 0 Å². The zero-order valence-corrected chi connectivity index (χ0v) is 11.5. The minimum atomic E-state index is 0.708. The SMILES string of the molecule is Cc1c(SN2CCN/C(=C\N)C2)cc(C=O)n1C. The molecule has 3 N–H and O–H groups in total. The second-order valence-corrected chi connectivity index (χ2v) is 5.41. The molecule has 1 aromatic heterocycles. The number of hydrogen-bond acceptors (Lipinski definition) is 5. The highest BCUT2D eigenvalue weighted by molar-refractivity contribution is 7.97. The Balaban J connectivity index is 2.12. The van der Waals surface area contributed by atoms with Gasteiger partial charge in [-0.1, -0.05) is 0 Å². The van der Waals surface area contributed by atoms with Crippen LogP contribution in [0, 0.1) is 6.92 Å². The molecule has 98 valence electrons. The molecule has 6 heteroatoms. The first kappa shape index (κ1) is 13.0. The van der Waals surface area contributed by atoms with Gasteiger partial charge in [-0.2, -0.15) is 0 Å². The molecule has 5 nitrogen and oxygen atoms in total. The molecule has 0 radical (unpaired) electrons. The fourth-order valence-electron chi connectivity index (χ4n) is 1.89. The average molecular weight is 266 g/mol.